The van der Waals surface area contributed by atoms with Crippen LogP contribution in [-0.2, 0) is 22.7 Å². The molecule has 2 aromatic rings. The first-order chi connectivity index (χ1) is 14.2. The molecule has 2 aromatic carbocycles. The number of carbonyl (C=O) groups is 1. The normalized spacial score (nSPS) is 11.9. The Morgan fingerprint density at radius 3 is 2.10 bits per heavy atom. The zero-order valence-corrected chi connectivity index (χ0v) is 18.0. The van der Waals surface area contributed by atoms with Gasteiger partial charge < -0.3 is 15.0 Å². The summed E-state index contributed by atoms with van der Waals surface area (Å²) >= 11 is 0. The number of benzene rings is 2. The highest BCUT2D eigenvalue weighted by atomic mass is 16.5. The van der Waals surface area contributed by atoms with Gasteiger partial charge in [0.05, 0.1) is 12.6 Å². The molecule has 0 saturated carbocycles. The maximum atomic E-state index is 12.5. The summed E-state index contributed by atoms with van der Waals surface area (Å²) in [5, 5.41) is 3.44. The van der Waals surface area contributed by atoms with Gasteiger partial charge in [-0.2, -0.15) is 0 Å². The Morgan fingerprint density at radius 2 is 1.45 bits per heavy atom. The van der Waals surface area contributed by atoms with Crippen LogP contribution in [0.5, 0.6) is 0 Å². The van der Waals surface area contributed by atoms with Crippen LogP contribution in [0.3, 0.4) is 0 Å². The van der Waals surface area contributed by atoms with Gasteiger partial charge >= 0.3 is 0 Å². The molecular formula is C25H36N2O2. The van der Waals surface area contributed by atoms with Crippen LogP contribution in [0.15, 0.2) is 60.7 Å². The third-order valence-corrected chi connectivity index (χ3v) is 5.03. The van der Waals surface area contributed by atoms with Crippen LogP contribution in [0.1, 0.15) is 49.7 Å². The van der Waals surface area contributed by atoms with E-state index in [4.69, 9.17) is 4.74 Å². The number of ether oxygens (including phenoxy) is 1. The molecule has 0 fully saturated rings. The Hall–Kier alpha value is -2.17. The number of unbranched alkanes of at least 4 members (excludes halogenated alkanes) is 4. The minimum absolute atomic E-state index is 0.112. The number of carbonyl (C=O) groups excluding carboxylic acids is 1. The fourth-order valence-corrected chi connectivity index (χ4v) is 3.31. The van der Waals surface area contributed by atoms with E-state index in [0.717, 1.165) is 38.8 Å². The molecule has 0 aliphatic heterocycles. The average Bonchev–Trinajstić information content (AvgIpc) is 2.75. The van der Waals surface area contributed by atoms with E-state index >= 15 is 0 Å². The van der Waals surface area contributed by atoms with Crippen molar-refractivity contribution >= 4 is 5.91 Å². The molecule has 1 amide bonds. The molecule has 158 valence electrons. The molecule has 1 atom stereocenters. The first kappa shape index (κ1) is 23.1. The van der Waals surface area contributed by atoms with Gasteiger partial charge in [-0.05, 0) is 24.0 Å². The topological polar surface area (TPSA) is 41.6 Å². The molecule has 0 aromatic heterocycles. The van der Waals surface area contributed by atoms with Gasteiger partial charge in [-0.3, -0.25) is 4.79 Å². The van der Waals surface area contributed by atoms with Gasteiger partial charge in [0.2, 0.25) is 5.91 Å². The highest BCUT2D eigenvalue weighted by molar-refractivity contribution is 5.81. The fraction of sp³-hybridized carbons (Fsp3) is 0.480. The van der Waals surface area contributed by atoms with E-state index in [2.05, 4.69) is 29.6 Å². The van der Waals surface area contributed by atoms with Gasteiger partial charge in [0, 0.05) is 27.2 Å². The summed E-state index contributed by atoms with van der Waals surface area (Å²) in [6.45, 7) is 2.24. The van der Waals surface area contributed by atoms with Crippen molar-refractivity contribution in [3.8, 4) is 0 Å². The number of amides is 1. The number of nitrogens with one attached hydrogen (secondary N) is 1. The lowest BCUT2D eigenvalue weighted by atomic mass is 10.0. The van der Waals surface area contributed by atoms with Crippen LogP contribution in [0.4, 0.5) is 0 Å². The lowest BCUT2D eigenvalue weighted by Gasteiger charge is -2.22. The minimum atomic E-state index is -0.112. The summed E-state index contributed by atoms with van der Waals surface area (Å²) in [5.41, 5.74) is 2.44. The maximum Gasteiger partial charge on any atom is 0.239 e. The zero-order valence-electron chi connectivity index (χ0n) is 18.0. The van der Waals surface area contributed by atoms with Crippen LogP contribution >= 0.6 is 0 Å². The van der Waals surface area contributed by atoms with E-state index in [1.54, 1.807) is 4.90 Å². The predicted molar refractivity (Wildman–Crippen MR) is 120 cm³/mol. The third kappa shape index (κ3) is 9.73. The lowest BCUT2D eigenvalue weighted by molar-refractivity contribution is -0.131. The second-order valence-corrected chi connectivity index (χ2v) is 7.75. The molecule has 0 heterocycles. The highest BCUT2D eigenvalue weighted by Gasteiger charge is 2.19. The SMILES string of the molecule is CN(C)C(=O)C(CCCCCCCOCc1ccccc1)NCc1ccccc1. The minimum Gasteiger partial charge on any atom is -0.377 e. The standard InChI is InChI=1S/C25H36N2O2/c1-27(2)25(28)24(26-20-22-14-8-6-9-15-22)18-12-4-3-5-13-19-29-21-23-16-10-7-11-17-23/h6-11,14-17,24,26H,3-5,12-13,18-21H2,1-2H3. The lowest BCUT2D eigenvalue weighted by Crippen LogP contribution is -2.43. The molecule has 0 bridgehead atoms. The van der Waals surface area contributed by atoms with Gasteiger partial charge in [-0.15, -0.1) is 0 Å². The molecule has 0 aliphatic rings. The first-order valence-corrected chi connectivity index (χ1v) is 10.8. The Labute approximate surface area is 176 Å². The molecule has 0 aliphatic carbocycles. The van der Waals surface area contributed by atoms with E-state index in [9.17, 15) is 4.79 Å². The monoisotopic (exact) mass is 396 g/mol. The molecule has 4 nitrogen and oxygen atoms in total. The molecule has 2 rings (SSSR count). The van der Waals surface area contributed by atoms with Gasteiger partial charge in [-0.1, -0.05) is 86.3 Å². The van der Waals surface area contributed by atoms with Crippen LogP contribution in [0.25, 0.3) is 0 Å². The van der Waals surface area contributed by atoms with E-state index < -0.39 is 0 Å². The van der Waals surface area contributed by atoms with Crippen molar-refractivity contribution in [2.75, 3.05) is 20.7 Å². The molecule has 1 N–H and O–H groups in total. The summed E-state index contributed by atoms with van der Waals surface area (Å²) in [5.74, 6) is 0.162. The van der Waals surface area contributed by atoms with Crippen molar-refractivity contribution in [2.45, 2.75) is 57.7 Å². The quantitative estimate of drug-likeness (QED) is 0.467. The predicted octanol–water partition coefficient (Wildman–Crippen LogP) is 4.79. The van der Waals surface area contributed by atoms with Crippen molar-refractivity contribution in [3.05, 3.63) is 71.8 Å². The summed E-state index contributed by atoms with van der Waals surface area (Å²) in [6.07, 6.45) is 6.57. The summed E-state index contributed by atoms with van der Waals surface area (Å²) in [4.78, 5) is 14.2. The van der Waals surface area contributed by atoms with Gasteiger partial charge in [0.15, 0.2) is 0 Å². The molecule has 4 heteroatoms. The van der Waals surface area contributed by atoms with Gasteiger partial charge in [0.1, 0.15) is 0 Å². The summed E-state index contributed by atoms with van der Waals surface area (Å²) in [6, 6.07) is 20.4. The van der Waals surface area contributed by atoms with Crippen molar-refractivity contribution in [3.63, 3.8) is 0 Å². The maximum absolute atomic E-state index is 12.5. The van der Waals surface area contributed by atoms with Crippen LogP contribution in [0.2, 0.25) is 0 Å². The Morgan fingerprint density at radius 1 is 0.862 bits per heavy atom. The van der Waals surface area contributed by atoms with Crippen molar-refractivity contribution < 1.29 is 9.53 Å². The van der Waals surface area contributed by atoms with Crippen LogP contribution in [-0.4, -0.2) is 37.6 Å². The van der Waals surface area contributed by atoms with E-state index in [0.29, 0.717) is 6.61 Å². The van der Waals surface area contributed by atoms with Crippen LogP contribution in [0, 0.1) is 0 Å². The second kappa shape index (κ2) is 13.9. The molecule has 29 heavy (non-hydrogen) atoms. The number of likely N-dealkylation sites (N-methyl/N-ethyl adjacent to an activating group) is 1. The number of rotatable bonds is 14. The Balaban J connectivity index is 1.56. The number of nitrogens with zero attached hydrogens (tertiary/aromatic N) is 1. The Bertz CT molecular complexity index is 674. The molecule has 0 spiro atoms. The van der Waals surface area contributed by atoms with E-state index in [1.807, 2.05) is 50.5 Å². The van der Waals surface area contributed by atoms with Crippen molar-refractivity contribution in [1.82, 2.24) is 10.2 Å². The van der Waals surface area contributed by atoms with E-state index in [1.165, 1.54) is 24.0 Å². The number of hydrogen-bond donors (Lipinski definition) is 1. The van der Waals surface area contributed by atoms with Gasteiger partial charge in [0.25, 0.3) is 0 Å². The zero-order chi connectivity index (χ0) is 20.7. The van der Waals surface area contributed by atoms with Gasteiger partial charge in [-0.25, -0.2) is 0 Å². The largest absolute Gasteiger partial charge is 0.377 e. The third-order valence-electron chi connectivity index (χ3n) is 5.03. The van der Waals surface area contributed by atoms with Crippen LogP contribution < -0.4 is 5.32 Å². The molecule has 0 radical (unpaired) electrons. The Kier molecular flexibility index (Phi) is 11.1. The highest BCUT2D eigenvalue weighted by Crippen LogP contribution is 2.10. The molecular weight excluding hydrogens is 360 g/mol. The number of hydrogen-bond acceptors (Lipinski definition) is 3. The van der Waals surface area contributed by atoms with Crippen molar-refractivity contribution in [1.29, 1.82) is 0 Å². The van der Waals surface area contributed by atoms with Crippen molar-refractivity contribution in [2.24, 2.45) is 0 Å². The summed E-state index contributed by atoms with van der Waals surface area (Å²) in [7, 11) is 3.66. The molecule has 0 saturated heterocycles. The molecule has 1 unspecified atom stereocenters. The summed E-state index contributed by atoms with van der Waals surface area (Å²) < 4.78 is 5.74. The van der Waals surface area contributed by atoms with E-state index in [-0.39, 0.29) is 11.9 Å². The fourth-order valence-electron chi connectivity index (χ4n) is 3.31. The first-order valence-electron chi connectivity index (χ1n) is 10.8. The second-order valence-electron chi connectivity index (χ2n) is 7.75. The smallest absolute Gasteiger partial charge is 0.239 e. The average molecular weight is 397 g/mol.